The summed E-state index contributed by atoms with van der Waals surface area (Å²) in [4.78, 5) is 17.2. The van der Waals surface area contributed by atoms with Gasteiger partial charge in [-0.1, -0.05) is 63.6 Å². The second-order valence-corrected chi connectivity index (χ2v) is 11.7. The highest BCUT2D eigenvalue weighted by atomic mass is 16.5. The van der Waals surface area contributed by atoms with E-state index >= 15 is 0 Å². The Morgan fingerprint density at radius 2 is 1.59 bits per heavy atom. The fraction of sp³-hybridized carbons (Fsp3) is 0.429. The van der Waals surface area contributed by atoms with Gasteiger partial charge in [0, 0.05) is 19.5 Å². The molecule has 0 atom stereocenters. The molecular formula is C35H45N3O3. The van der Waals surface area contributed by atoms with Gasteiger partial charge in [0.2, 0.25) is 5.91 Å². The normalized spacial score (nSPS) is 11.5. The number of fused-ring (bicyclic) bond motifs is 1. The van der Waals surface area contributed by atoms with Crippen molar-refractivity contribution in [1.29, 1.82) is 0 Å². The van der Waals surface area contributed by atoms with Crippen molar-refractivity contribution in [3.8, 4) is 11.5 Å². The molecule has 1 N–H and O–H groups in total. The molecular weight excluding hydrogens is 510 g/mol. The fourth-order valence-corrected chi connectivity index (χ4v) is 4.98. The van der Waals surface area contributed by atoms with Crippen molar-refractivity contribution < 1.29 is 14.3 Å². The molecule has 0 aliphatic carbocycles. The van der Waals surface area contributed by atoms with Crippen LogP contribution in [-0.4, -0.2) is 35.7 Å². The summed E-state index contributed by atoms with van der Waals surface area (Å²) >= 11 is 0. The molecule has 6 nitrogen and oxygen atoms in total. The van der Waals surface area contributed by atoms with Gasteiger partial charge < -0.3 is 19.4 Å². The van der Waals surface area contributed by atoms with E-state index in [1.54, 1.807) is 7.11 Å². The third kappa shape index (κ3) is 9.10. The fourth-order valence-electron chi connectivity index (χ4n) is 4.98. The van der Waals surface area contributed by atoms with Crippen LogP contribution in [0.4, 0.5) is 0 Å². The Hall–Kier alpha value is -3.80. The molecule has 0 bridgehead atoms. The zero-order valence-electron chi connectivity index (χ0n) is 25.1. The Labute approximate surface area is 245 Å². The Morgan fingerprint density at radius 1 is 0.854 bits per heavy atom. The molecule has 0 saturated carbocycles. The third-order valence-corrected chi connectivity index (χ3v) is 7.42. The van der Waals surface area contributed by atoms with Crippen molar-refractivity contribution in [2.24, 2.45) is 0 Å². The summed E-state index contributed by atoms with van der Waals surface area (Å²) < 4.78 is 13.6. The summed E-state index contributed by atoms with van der Waals surface area (Å²) in [5.74, 6) is 2.94. The maximum Gasteiger partial charge on any atom is 0.224 e. The highest BCUT2D eigenvalue weighted by molar-refractivity contribution is 5.78. The molecule has 1 heterocycles. The maximum atomic E-state index is 12.3. The number of imidazole rings is 1. The van der Waals surface area contributed by atoms with E-state index in [0.717, 1.165) is 73.5 Å². The maximum absolute atomic E-state index is 12.3. The van der Waals surface area contributed by atoms with Gasteiger partial charge in [-0.3, -0.25) is 4.79 Å². The number of hydrogen-bond donors (Lipinski definition) is 1. The van der Waals surface area contributed by atoms with E-state index in [1.807, 2.05) is 24.3 Å². The number of methoxy groups -OCH3 is 1. The van der Waals surface area contributed by atoms with Crippen LogP contribution in [0.5, 0.6) is 11.5 Å². The van der Waals surface area contributed by atoms with E-state index in [4.69, 9.17) is 14.5 Å². The van der Waals surface area contributed by atoms with E-state index < -0.39 is 0 Å². The van der Waals surface area contributed by atoms with Crippen LogP contribution >= 0.6 is 0 Å². The molecule has 4 rings (SSSR count). The van der Waals surface area contributed by atoms with E-state index in [-0.39, 0.29) is 11.3 Å². The topological polar surface area (TPSA) is 65.4 Å². The Balaban J connectivity index is 1.18. The van der Waals surface area contributed by atoms with Crippen LogP contribution in [0.25, 0.3) is 11.0 Å². The third-order valence-electron chi connectivity index (χ3n) is 7.42. The van der Waals surface area contributed by atoms with Crippen LogP contribution in [0.3, 0.4) is 0 Å². The molecule has 0 aliphatic heterocycles. The molecule has 0 aliphatic rings. The predicted molar refractivity (Wildman–Crippen MR) is 167 cm³/mol. The number of carbonyl (C=O) groups excluding carboxylic acids is 1. The first-order valence-electron chi connectivity index (χ1n) is 14.9. The smallest absolute Gasteiger partial charge is 0.224 e. The molecule has 0 fully saturated rings. The minimum Gasteiger partial charge on any atom is -0.497 e. The molecule has 1 aromatic heterocycles. The van der Waals surface area contributed by atoms with Gasteiger partial charge in [0.05, 0.1) is 31.2 Å². The monoisotopic (exact) mass is 555 g/mol. The molecule has 0 saturated heterocycles. The van der Waals surface area contributed by atoms with Crippen molar-refractivity contribution in [3.05, 3.63) is 89.7 Å². The molecule has 6 heteroatoms. The predicted octanol–water partition coefficient (Wildman–Crippen LogP) is 7.27. The van der Waals surface area contributed by atoms with E-state index in [0.29, 0.717) is 19.6 Å². The van der Waals surface area contributed by atoms with Crippen LogP contribution in [0, 0.1) is 0 Å². The number of aromatic nitrogens is 2. The van der Waals surface area contributed by atoms with Crippen molar-refractivity contribution >= 4 is 16.9 Å². The number of aryl methyl sites for hydroxylation is 2. The molecule has 41 heavy (non-hydrogen) atoms. The number of para-hydroxylation sites is 2. The number of benzene rings is 3. The SMILES string of the molecule is COc1ccc(CC(=O)NCCCCCc2nc3ccccc3n2CCCCOc2ccc(C(C)(C)C)cc2)cc1. The van der Waals surface area contributed by atoms with Crippen LogP contribution < -0.4 is 14.8 Å². The van der Waals surface area contributed by atoms with Gasteiger partial charge in [-0.25, -0.2) is 4.98 Å². The first-order chi connectivity index (χ1) is 19.8. The first-order valence-corrected chi connectivity index (χ1v) is 14.9. The molecule has 1 amide bonds. The largest absolute Gasteiger partial charge is 0.497 e. The number of nitrogens with zero attached hydrogens (tertiary/aromatic N) is 2. The van der Waals surface area contributed by atoms with Gasteiger partial charge in [-0.2, -0.15) is 0 Å². The summed E-state index contributed by atoms with van der Waals surface area (Å²) in [6.07, 6.45) is 6.41. The lowest BCUT2D eigenvalue weighted by atomic mass is 9.87. The average Bonchev–Trinajstić information content (AvgIpc) is 3.32. The summed E-state index contributed by atoms with van der Waals surface area (Å²) in [7, 11) is 1.64. The second kappa shape index (κ2) is 14.7. The van der Waals surface area contributed by atoms with Gasteiger partial charge >= 0.3 is 0 Å². The van der Waals surface area contributed by atoms with Gasteiger partial charge in [0.25, 0.3) is 0 Å². The molecule has 0 spiro atoms. The van der Waals surface area contributed by atoms with Crippen molar-refractivity contribution in [1.82, 2.24) is 14.9 Å². The lowest BCUT2D eigenvalue weighted by molar-refractivity contribution is -0.120. The zero-order chi connectivity index (χ0) is 29.1. The summed E-state index contributed by atoms with van der Waals surface area (Å²) in [6.45, 7) is 9.02. The molecule has 4 aromatic rings. The number of hydrogen-bond acceptors (Lipinski definition) is 4. The molecule has 218 valence electrons. The number of ether oxygens (including phenoxy) is 2. The summed E-state index contributed by atoms with van der Waals surface area (Å²) in [6, 6.07) is 24.5. The highest BCUT2D eigenvalue weighted by Gasteiger charge is 2.13. The van der Waals surface area contributed by atoms with E-state index in [1.165, 1.54) is 11.1 Å². The minimum absolute atomic E-state index is 0.0582. The summed E-state index contributed by atoms with van der Waals surface area (Å²) in [5, 5.41) is 3.05. The number of nitrogens with one attached hydrogen (secondary N) is 1. The van der Waals surface area contributed by atoms with Crippen molar-refractivity contribution in [2.45, 2.75) is 77.7 Å². The number of carbonyl (C=O) groups is 1. The zero-order valence-corrected chi connectivity index (χ0v) is 25.1. The lowest BCUT2D eigenvalue weighted by Crippen LogP contribution is -2.26. The molecule has 0 unspecified atom stereocenters. The summed E-state index contributed by atoms with van der Waals surface area (Å²) in [5.41, 5.74) is 4.72. The van der Waals surface area contributed by atoms with Gasteiger partial charge in [-0.15, -0.1) is 0 Å². The number of rotatable bonds is 15. The standard InChI is InChI=1S/C35H45N3O3/c1-35(2,3)28-17-21-30(22-18-28)41-25-11-10-24-38-32-13-8-7-12-31(32)37-33(38)14-6-5-9-23-36-34(39)26-27-15-19-29(40-4)20-16-27/h7-8,12-13,15-22H,5-6,9-11,14,23-26H2,1-4H3,(H,36,39). The Morgan fingerprint density at radius 3 is 2.32 bits per heavy atom. The van der Waals surface area contributed by atoms with Crippen LogP contribution in [0.1, 0.15) is 69.8 Å². The Bertz CT molecular complexity index is 1370. The van der Waals surface area contributed by atoms with Crippen molar-refractivity contribution in [3.63, 3.8) is 0 Å². The quantitative estimate of drug-likeness (QED) is 0.157. The van der Waals surface area contributed by atoms with Gasteiger partial charge in [0.15, 0.2) is 0 Å². The van der Waals surface area contributed by atoms with Crippen LogP contribution in [0.15, 0.2) is 72.8 Å². The highest BCUT2D eigenvalue weighted by Crippen LogP contribution is 2.24. The molecule has 0 radical (unpaired) electrons. The number of unbranched alkanes of at least 4 members (excludes halogenated alkanes) is 3. The van der Waals surface area contributed by atoms with E-state index in [9.17, 15) is 4.79 Å². The molecule has 3 aromatic carbocycles. The van der Waals surface area contributed by atoms with Gasteiger partial charge in [0.1, 0.15) is 17.3 Å². The van der Waals surface area contributed by atoms with Crippen LogP contribution in [-0.2, 0) is 29.6 Å². The number of amides is 1. The van der Waals surface area contributed by atoms with Crippen LogP contribution in [0.2, 0.25) is 0 Å². The van der Waals surface area contributed by atoms with E-state index in [2.05, 4.69) is 79.2 Å². The Kier molecular flexibility index (Phi) is 10.8. The lowest BCUT2D eigenvalue weighted by Gasteiger charge is -2.19. The minimum atomic E-state index is 0.0582. The average molecular weight is 556 g/mol. The van der Waals surface area contributed by atoms with Gasteiger partial charge in [-0.05, 0) is 78.6 Å². The van der Waals surface area contributed by atoms with Crippen molar-refractivity contribution in [2.75, 3.05) is 20.3 Å². The second-order valence-electron chi connectivity index (χ2n) is 11.7. The first kappa shape index (κ1) is 30.2.